The van der Waals surface area contributed by atoms with Crippen LogP contribution in [-0.4, -0.2) is 0 Å². The van der Waals surface area contributed by atoms with Crippen molar-refractivity contribution in [1.82, 2.24) is 0 Å². The zero-order valence-electron chi connectivity index (χ0n) is 11.5. The predicted molar refractivity (Wildman–Crippen MR) is 83.5 cm³/mol. The van der Waals surface area contributed by atoms with Crippen molar-refractivity contribution in [2.45, 2.75) is 33.2 Å². The second-order valence-corrected chi connectivity index (χ2v) is 5.13. The Balaban J connectivity index is 2.53. The average Bonchev–Trinajstić information content (AvgIpc) is 2.46. The lowest BCUT2D eigenvalue weighted by molar-refractivity contribution is 1.04. The fourth-order valence-electron chi connectivity index (χ4n) is 2.48. The minimum Gasteiger partial charge on any atom is -0.326 e. The Hall–Kier alpha value is -1.31. The molecule has 2 heteroatoms. The van der Waals surface area contributed by atoms with Crippen molar-refractivity contribution in [3.63, 3.8) is 0 Å². The molecular weight excluding hydrogens is 254 g/mol. The molecule has 0 aromatic heterocycles. The van der Waals surface area contributed by atoms with E-state index in [2.05, 4.69) is 38.1 Å². The molecule has 0 spiro atoms. The van der Waals surface area contributed by atoms with Crippen molar-refractivity contribution in [2.75, 3.05) is 0 Å². The van der Waals surface area contributed by atoms with Crippen LogP contribution in [0, 0.1) is 0 Å². The van der Waals surface area contributed by atoms with E-state index in [9.17, 15) is 0 Å². The van der Waals surface area contributed by atoms with Crippen molar-refractivity contribution >= 4 is 11.6 Å². The zero-order valence-corrected chi connectivity index (χ0v) is 12.3. The molecule has 100 valence electrons. The minimum atomic E-state index is 0.507. The first-order valence-corrected chi connectivity index (χ1v) is 7.18. The number of halogens is 1. The molecule has 0 aliphatic carbocycles. The number of hydrogen-bond donors (Lipinski definition) is 1. The molecule has 0 saturated heterocycles. The summed E-state index contributed by atoms with van der Waals surface area (Å²) in [4.78, 5) is 0. The SMILES string of the molecule is CCc1ccc(-c2ccc(Cl)cc2CN)cc1CC. The third kappa shape index (κ3) is 2.99. The molecule has 0 aliphatic rings. The van der Waals surface area contributed by atoms with Gasteiger partial charge in [0.25, 0.3) is 0 Å². The molecule has 0 bridgehead atoms. The lowest BCUT2D eigenvalue weighted by atomic mass is 9.94. The van der Waals surface area contributed by atoms with Crippen molar-refractivity contribution in [1.29, 1.82) is 0 Å². The van der Waals surface area contributed by atoms with Crippen LogP contribution in [-0.2, 0) is 19.4 Å². The highest BCUT2D eigenvalue weighted by atomic mass is 35.5. The molecule has 0 aliphatic heterocycles. The van der Waals surface area contributed by atoms with Gasteiger partial charge < -0.3 is 5.73 Å². The topological polar surface area (TPSA) is 26.0 Å². The third-order valence-corrected chi connectivity index (χ3v) is 3.80. The molecule has 0 saturated carbocycles. The van der Waals surface area contributed by atoms with Crippen LogP contribution in [0.2, 0.25) is 5.02 Å². The molecular formula is C17H20ClN. The molecule has 2 rings (SSSR count). The van der Waals surface area contributed by atoms with Gasteiger partial charge in [-0.2, -0.15) is 0 Å². The van der Waals surface area contributed by atoms with E-state index in [1.165, 1.54) is 22.3 Å². The number of rotatable bonds is 4. The van der Waals surface area contributed by atoms with Gasteiger partial charge in [-0.25, -0.2) is 0 Å². The van der Waals surface area contributed by atoms with E-state index in [1.807, 2.05) is 12.1 Å². The van der Waals surface area contributed by atoms with Gasteiger partial charge in [-0.05, 0) is 52.8 Å². The van der Waals surface area contributed by atoms with Gasteiger partial charge in [0.1, 0.15) is 0 Å². The van der Waals surface area contributed by atoms with Gasteiger partial charge in [-0.3, -0.25) is 0 Å². The van der Waals surface area contributed by atoms with Gasteiger partial charge in [0.05, 0.1) is 0 Å². The van der Waals surface area contributed by atoms with Crippen LogP contribution in [0.5, 0.6) is 0 Å². The molecule has 1 nitrogen and oxygen atoms in total. The summed E-state index contributed by atoms with van der Waals surface area (Å²) in [7, 11) is 0. The van der Waals surface area contributed by atoms with Crippen LogP contribution in [0.25, 0.3) is 11.1 Å². The smallest absolute Gasteiger partial charge is 0.0409 e. The maximum atomic E-state index is 6.03. The second kappa shape index (κ2) is 6.23. The average molecular weight is 274 g/mol. The van der Waals surface area contributed by atoms with E-state index in [1.54, 1.807) is 0 Å². The van der Waals surface area contributed by atoms with E-state index in [0.29, 0.717) is 6.54 Å². The van der Waals surface area contributed by atoms with Crippen LogP contribution < -0.4 is 5.73 Å². The fraction of sp³-hybridized carbons (Fsp3) is 0.294. The molecule has 0 fully saturated rings. The molecule has 2 N–H and O–H groups in total. The molecule has 2 aromatic carbocycles. The van der Waals surface area contributed by atoms with E-state index >= 15 is 0 Å². The van der Waals surface area contributed by atoms with Gasteiger partial charge >= 0.3 is 0 Å². The maximum Gasteiger partial charge on any atom is 0.0409 e. The van der Waals surface area contributed by atoms with E-state index in [0.717, 1.165) is 23.4 Å². The largest absolute Gasteiger partial charge is 0.326 e. The Kier molecular flexibility index (Phi) is 4.62. The molecule has 0 amide bonds. The van der Waals surface area contributed by atoms with E-state index in [-0.39, 0.29) is 0 Å². The summed E-state index contributed by atoms with van der Waals surface area (Å²) in [5.41, 5.74) is 12.2. The summed E-state index contributed by atoms with van der Waals surface area (Å²) >= 11 is 6.03. The summed E-state index contributed by atoms with van der Waals surface area (Å²) < 4.78 is 0. The number of aryl methyl sites for hydroxylation is 2. The lowest BCUT2D eigenvalue weighted by Gasteiger charge is -2.12. The van der Waals surface area contributed by atoms with Crippen molar-refractivity contribution in [2.24, 2.45) is 5.73 Å². The van der Waals surface area contributed by atoms with Gasteiger partial charge in [0.2, 0.25) is 0 Å². The van der Waals surface area contributed by atoms with Crippen molar-refractivity contribution < 1.29 is 0 Å². The summed E-state index contributed by atoms with van der Waals surface area (Å²) in [6.07, 6.45) is 2.14. The first kappa shape index (κ1) is 14.1. The molecule has 0 unspecified atom stereocenters. The molecule has 19 heavy (non-hydrogen) atoms. The highest BCUT2D eigenvalue weighted by Crippen LogP contribution is 2.28. The Morgan fingerprint density at radius 1 is 0.895 bits per heavy atom. The molecule has 0 radical (unpaired) electrons. The van der Waals surface area contributed by atoms with Crippen LogP contribution >= 0.6 is 11.6 Å². The molecule has 0 heterocycles. The van der Waals surface area contributed by atoms with Crippen LogP contribution in [0.4, 0.5) is 0 Å². The van der Waals surface area contributed by atoms with Gasteiger partial charge in [-0.15, -0.1) is 0 Å². The third-order valence-electron chi connectivity index (χ3n) is 3.57. The Morgan fingerprint density at radius 3 is 2.26 bits per heavy atom. The summed E-state index contributed by atoms with van der Waals surface area (Å²) in [6, 6.07) is 12.6. The van der Waals surface area contributed by atoms with Gasteiger partial charge in [0.15, 0.2) is 0 Å². The van der Waals surface area contributed by atoms with Crippen molar-refractivity contribution in [3.8, 4) is 11.1 Å². The number of hydrogen-bond acceptors (Lipinski definition) is 1. The zero-order chi connectivity index (χ0) is 13.8. The Labute approximate surface area is 120 Å². The lowest BCUT2D eigenvalue weighted by Crippen LogP contribution is -2.00. The first-order chi connectivity index (χ1) is 9.19. The van der Waals surface area contributed by atoms with Crippen molar-refractivity contribution in [3.05, 3.63) is 58.1 Å². The molecule has 0 atom stereocenters. The summed E-state index contributed by atoms with van der Waals surface area (Å²) in [5.74, 6) is 0. The second-order valence-electron chi connectivity index (χ2n) is 4.70. The Morgan fingerprint density at radius 2 is 1.63 bits per heavy atom. The standard InChI is InChI=1S/C17H20ClN/c1-3-12-5-6-14(9-13(12)4-2)17-8-7-16(18)10-15(17)11-19/h5-10H,3-4,11,19H2,1-2H3. The van der Waals surface area contributed by atoms with Gasteiger partial charge in [-0.1, -0.05) is 49.7 Å². The van der Waals surface area contributed by atoms with E-state index in [4.69, 9.17) is 17.3 Å². The fourth-order valence-corrected chi connectivity index (χ4v) is 2.67. The minimum absolute atomic E-state index is 0.507. The Bertz CT molecular complexity index is 575. The number of nitrogens with two attached hydrogens (primary N) is 1. The van der Waals surface area contributed by atoms with Crippen LogP contribution in [0.3, 0.4) is 0 Å². The number of benzene rings is 2. The van der Waals surface area contributed by atoms with Gasteiger partial charge in [0, 0.05) is 11.6 Å². The predicted octanol–water partition coefficient (Wildman–Crippen LogP) is 4.59. The van der Waals surface area contributed by atoms with E-state index < -0.39 is 0 Å². The summed E-state index contributed by atoms with van der Waals surface area (Å²) in [6.45, 7) is 4.90. The highest BCUT2D eigenvalue weighted by Gasteiger charge is 2.07. The quantitative estimate of drug-likeness (QED) is 0.866. The normalized spacial score (nSPS) is 10.7. The molecule has 2 aromatic rings. The van der Waals surface area contributed by atoms with Crippen LogP contribution in [0.1, 0.15) is 30.5 Å². The maximum absolute atomic E-state index is 6.03. The monoisotopic (exact) mass is 273 g/mol. The first-order valence-electron chi connectivity index (χ1n) is 6.80. The van der Waals surface area contributed by atoms with Crippen LogP contribution in [0.15, 0.2) is 36.4 Å². The highest BCUT2D eigenvalue weighted by molar-refractivity contribution is 6.30. The summed E-state index contributed by atoms with van der Waals surface area (Å²) in [5, 5.41) is 0.741.